The quantitative estimate of drug-likeness (QED) is 0.817. The zero-order chi connectivity index (χ0) is 13.1. The Bertz CT molecular complexity index is 439. The largest absolute Gasteiger partial charge is 0.496 e. The zero-order valence-corrected chi connectivity index (χ0v) is 10.7. The highest BCUT2D eigenvalue weighted by molar-refractivity contribution is 5.93. The van der Waals surface area contributed by atoms with E-state index in [4.69, 9.17) is 4.74 Å². The predicted molar refractivity (Wildman–Crippen MR) is 68.1 cm³/mol. The number of methoxy groups -OCH3 is 1. The molecule has 0 amide bonds. The number of hydrogen-bond donors (Lipinski definition) is 1. The number of benzene rings is 1. The first-order valence-electron chi connectivity index (χ1n) is 5.44. The highest BCUT2D eigenvalue weighted by atomic mass is 16.5. The number of ether oxygens (including phenoxy) is 1. The number of carbonyl (C=O) groups is 1. The molecule has 0 fully saturated rings. The van der Waals surface area contributed by atoms with Crippen LogP contribution < -0.4 is 4.74 Å². The van der Waals surface area contributed by atoms with Crippen LogP contribution in [-0.4, -0.2) is 18.2 Å². The topological polar surface area (TPSA) is 46.5 Å². The smallest absolute Gasteiger partial charge is 0.332 e. The molecule has 0 bridgehead atoms. The second-order valence-corrected chi connectivity index (χ2v) is 4.86. The van der Waals surface area contributed by atoms with E-state index in [1.165, 1.54) is 0 Å². The van der Waals surface area contributed by atoms with Crippen LogP contribution in [0.2, 0.25) is 0 Å². The van der Waals surface area contributed by atoms with Crippen molar-refractivity contribution in [3.63, 3.8) is 0 Å². The Morgan fingerprint density at radius 1 is 1.29 bits per heavy atom. The third-order valence-electron chi connectivity index (χ3n) is 2.48. The highest BCUT2D eigenvalue weighted by Crippen LogP contribution is 2.29. The molecule has 17 heavy (non-hydrogen) atoms. The van der Waals surface area contributed by atoms with Crippen molar-refractivity contribution >= 4 is 12.0 Å². The Balaban J connectivity index is 3.27. The molecule has 0 heterocycles. The minimum Gasteiger partial charge on any atom is -0.496 e. The third-order valence-corrected chi connectivity index (χ3v) is 2.48. The van der Waals surface area contributed by atoms with E-state index in [9.17, 15) is 9.90 Å². The van der Waals surface area contributed by atoms with Crippen LogP contribution in [0.4, 0.5) is 0 Å². The number of carboxylic acids is 1. The van der Waals surface area contributed by atoms with Crippen LogP contribution >= 0.6 is 0 Å². The lowest BCUT2D eigenvalue weighted by molar-refractivity contribution is -0.133. The molecule has 0 saturated heterocycles. The van der Waals surface area contributed by atoms with Crippen LogP contribution in [0.1, 0.15) is 26.3 Å². The van der Waals surface area contributed by atoms with E-state index in [1.54, 1.807) is 13.2 Å². The Labute approximate surface area is 102 Å². The van der Waals surface area contributed by atoms with Crippen LogP contribution in [0.25, 0.3) is 6.08 Å². The van der Waals surface area contributed by atoms with E-state index in [0.717, 1.165) is 5.56 Å². The number of para-hydroxylation sites is 1. The molecule has 0 unspecified atom stereocenters. The molecule has 1 aromatic carbocycles. The molecule has 1 aromatic rings. The number of rotatable bonds is 3. The molecule has 0 atom stereocenters. The van der Waals surface area contributed by atoms with Gasteiger partial charge in [0.05, 0.1) is 7.11 Å². The summed E-state index contributed by atoms with van der Waals surface area (Å²) >= 11 is 0. The molecule has 0 spiro atoms. The second kappa shape index (κ2) is 5.04. The number of hydrogen-bond acceptors (Lipinski definition) is 2. The lowest BCUT2D eigenvalue weighted by atomic mass is 9.85. The van der Waals surface area contributed by atoms with Gasteiger partial charge in [-0.25, -0.2) is 4.79 Å². The van der Waals surface area contributed by atoms with Crippen LogP contribution in [0.5, 0.6) is 5.75 Å². The molecule has 1 rings (SSSR count). The summed E-state index contributed by atoms with van der Waals surface area (Å²) in [5.41, 5.74) is 0.733. The van der Waals surface area contributed by atoms with Crippen LogP contribution in [0.3, 0.4) is 0 Å². The fraction of sp³-hybridized carbons (Fsp3) is 0.357. The van der Waals surface area contributed by atoms with E-state index in [1.807, 2.05) is 45.0 Å². The van der Waals surface area contributed by atoms with Crippen LogP contribution in [-0.2, 0) is 4.79 Å². The number of carboxylic acid groups (broad SMARTS) is 1. The zero-order valence-electron chi connectivity index (χ0n) is 10.7. The summed E-state index contributed by atoms with van der Waals surface area (Å²) in [6, 6.07) is 7.37. The molecular weight excluding hydrogens is 216 g/mol. The molecule has 0 aliphatic rings. The molecular formula is C14H18O3. The van der Waals surface area contributed by atoms with Gasteiger partial charge in [0.1, 0.15) is 5.75 Å². The normalized spacial score (nSPS) is 12.4. The van der Waals surface area contributed by atoms with Crippen molar-refractivity contribution in [2.75, 3.05) is 7.11 Å². The maximum Gasteiger partial charge on any atom is 0.332 e. The molecule has 1 N–H and O–H groups in total. The van der Waals surface area contributed by atoms with E-state index >= 15 is 0 Å². The molecule has 0 aliphatic carbocycles. The van der Waals surface area contributed by atoms with Gasteiger partial charge in [-0.3, -0.25) is 0 Å². The molecule has 0 aromatic heterocycles. The Morgan fingerprint density at radius 3 is 2.35 bits per heavy atom. The first-order valence-corrected chi connectivity index (χ1v) is 5.44. The fourth-order valence-corrected chi connectivity index (χ4v) is 1.54. The minimum absolute atomic E-state index is 0.363. The van der Waals surface area contributed by atoms with E-state index < -0.39 is 11.4 Å². The molecule has 0 aliphatic heterocycles. The first kappa shape index (κ1) is 13.3. The van der Waals surface area contributed by atoms with Crippen molar-refractivity contribution in [3.8, 4) is 5.75 Å². The monoisotopic (exact) mass is 234 g/mol. The average Bonchev–Trinajstić information content (AvgIpc) is 2.24. The van der Waals surface area contributed by atoms with Crippen molar-refractivity contribution < 1.29 is 14.6 Å². The van der Waals surface area contributed by atoms with Crippen LogP contribution in [0, 0.1) is 5.41 Å². The summed E-state index contributed by atoms with van der Waals surface area (Å²) in [6.07, 6.45) is 1.67. The van der Waals surface area contributed by atoms with Crippen molar-refractivity contribution in [1.29, 1.82) is 0 Å². The van der Waals surface area contributed by atoms with Gasteiger partial charge in [0.2, 0.25) is 0 Å². The van der Waals surface area contributed by atoms with Gasteiger partial charge in [0.15, 0.2) is 0 Å². The predicted octanol–water partition coefficient (Wildman–Crippen LogP) is 3.21. The van der Waals surface area contributed by atoms with Gasteiger partial charge in [0, 0.05) is 11.1 Å². The third kappa shape index (κ3) is 3.34. The number of aliphatic carboxylic acids is 1. The molecule has 0 radical (unpaired) electrons. The summed E-state index contributed by atoms with van der Waals surface area (Å²) in [7, 11) is 1.57. The van der Waals surface area contributed by atoms with Gasteiger partial charge in [-0.05, 0) is 17.6 Å². The second-order valence-electron chi connectivity index (χ2n) is 4.86. The summed E-state index contributed by atoms with van der Waals surface area (Å²) in [6.45, 7) is 5.63. The van der Waals surface area contributed by atoms with Crippen molar-refractivity contribution in [2.45, 2.75) is 20.8 Å². The van der Waals surface area contributed by atoms with Gasteiger partial charge in [-0.2, -0.15) is 0 Å². The molecule has 3 heteroatoms. The maximum atomic E-state index is 11.2. The van der Waals surface area contributed by atoms with Crippen molar-refractivity contribution in [1.82, 2.24) is 0 Å². The highest BCUT2D eigenvalue weighted by Gasteiger charge is 2.23. The lowest BCUT2D eigenvalue weighted by Gasteiger charge is -2.19. The maximum absolute atomic E-state index is 11.2. The molecule has 0 saturated carbocycles. The first-order chi connectivity index (χ1) is 7.86. The Hall–Kier alpha value is -1.77. The standard InChI is InChI=1S/C14H18O3/c1-14(2,3)11(13(15)16)9-10-7-5-6-8-12(10)17-4/h5-9H,1-4H3,(H,15,16)/b11-9+. The van der Waals surface area contributed by atoms with E-state index in [-0.39, 0.29) is 0 Å². The molecule has 3 nitrogen and oxygen atoms in total. The van der Waals surface area contributed by atoms with Gasteiger partial charge in [-0.1, -0.05) is 39.0 Å². The van der Waals surface area contributed by atoms with E-state index in [2.05, 4.69) is 0 Å². The van der Waals surface area contributed by atoms with Gasteiger partial charge in [0.25, 0.3) is 0 Å². The van der Waals surface area contributed by atoms with E-state index in [0.29, 0.717) is 11.3 Å². The SMILES string of the molecule is COc1ccccc1/C=C(\C(=O)O)C(C)(C)C. The summed E-state index contributed by atoms with van der Waals surface area (Å²) < 4.78 is 5.20. The summed E-state index contributed by atoms with van der Waals surface area (Å²) in [5, 5.41) is 9.22. The van der Waals surface area contributed by atoms with Gasteiger partial charge < -0.3 is 9.84 Å². The average molecular weight is 234 g/mol. The fourth-order valence-electron chi connectivity index (χ4n) is 1.54. The van der Waals surface area contributed by atoms with Crippen molar-refractivity contribution in [3.05, 3.63) is 35.4 Å². The minimum atomic E-state index is -0.900. The molecule has 92 valence electrons. The Morgan fingerprint density at radius 2 is 1.88 bits per heavy atom. The summed E-state index contributed by atoms with van der Waals surface area (Å²) in [5.74, 6) is -0.223. The van der Waals surface area contributed by atoms with Gasteiger partial charge in [-0.15, -0.1) is 0 Å². The van der Waals surface area contributed by atoms with Crippen LogP contribution in [0.15, 0.2) is 29.8 Å². The van der Waals surface area contributed by atoms with Gasteiger partial charge >= 0.3 is 5.97 Å². The Kier molecular flexibility index (Phi) is 3.94. The lowest BCUT2D eigenvalue weighted by Crippen LogP contribution is -2.17. The summed E-state index contributed by atoms with van der Waals surface area (Å²) in [4.78, 5) is 11.2. The van der Waals surface area contributed by atoms with Crippen molar-refractivity contribution in [2.24, 2.45) is 5.41 Å².